The third-order valence-corrected chi connectivity index (χ3v) is 3.13. The number of methoxy groups -OCH3 is 1. The van der Waals surface area contributed by atoms with E-state index in [1.54, 1.807) is 7.11 Å². The largest absolute Gasteiger partial charge is 0.491 e. The van der Waals surface area contributed by atoms with Gasteiger partial charge in [-0.3, -0.25) is 0 Å². The summed E-state index contributed by atoms with van der Waals surface area (Å²) >= 11 is 6.22. The predicted octanol–water partition coefficient (Wildman–Crippen LogP) is 3.65. The Morgan fingerprint density at radius 2 is 2.05 bits per heavy atom. The maximum atomic E-state index is 6.22. The third-order valence-electron chi connectivity index (χ3n) is 2.85. The van der Waals surface area contributed by atoms with Gasteiger partial charge in [-0.05, 0) is 51.4 Å². The van der Waals surface area contributed by atoms with Gasteiger partial charge in [0.2, 0.25) is 0 Å². The summed E-state index contributed by atoms with van der Waals surface area (Å²) in [6, 6.07) is 3.87. The van der Waals surface area contributed by atoms with Gasteiger partial charge in [0.15, 0.2) is 11.5 Å². The normalized spacial score (nSPS) is 11.0. The zero-order chi connectivity index (χ0) is 15.7. The Morgan fingerprint density at radius 1 is 1.29 bits per heavy atom. The minimum atomic E-state index is 0.291. The van der Waals surface area contributed by atoms with Crippen LogP contribution >= 0.6 is 11.6 Å². The molecule has 0 fully saturated rings. The van der Waals surface area contributed by atoms with Gasteiger partial charge in [-0.25, -0.2) is 0 Å². The van der Waals surface area contributed by atoms with Crippen molar-refractivity contribution >= 4 is 11.6 Å². The third kappa shape index (κ3) is 6.55. The molecule has 0 atom stereocenters. The molecule has 0 aliphatic carbocycles. The molecule has 1 N–H and O–H groups in total. The summed E-state index contributed by atoms with van der Waals surface area (Å²) in [5, 5.41) is 3.95. The molecule has 0 bridgehead atoms. The van der Waals surface area contributed by atoms with E-state index in [4.69, 9.17) is 25.8 Å². The van der Waals surface area contributed by atoms with Gasteiger partial charge < -0.3 is 19.5 Å². The first-order valence-corrected chi connectivity index (χ1v) is 7.77. The smallest absolute Gasteiger partial charge is 0.179 e. The van der Waals surface area contributed by atoms with Gasteiger partial charge in [-0.2, -0.15) is 0 Å². The molecule has 0 heterocycles. The van der Waals surface area contributed by atoms with Crippen molar-refractivity contribution in [2.75, 3.05) is 26.9 Å². The predicted molar refractivity (Wildman–Crippen MR) is 86.6 cm³/mol. The highest BCUT2D eigenvalue weighted by atomic mass is 35.5. The van der Waals surface area contributed by atoms with Crippen LogP contribution < -0.4 is 14.8 Å². The van der Waals surface area contributed by atoms with Crippen molar-refractivity contribution in [1.82, 2.24) is 5.32 Å². The Bertz CT molecular complexity index is 424. The molecular weight excluding hydrogens is 290 g/mol. The highest BCUT2D eigenvalue weighted by Gasteiger charge is 2.11. The number of nitrogens with one attached hydrogen (secondary N) is 1. The van der Waals surface area contributed by atoms with Crippen molar-refractivity contribution in [3.05, 3.63) is 22.7 Å². The average molecular weight is 316 g/mol. The molecule has 0 saturated carbocycles. The molecule has 5 heteroatoms. The number of ether oxygens (including phenoxy) is 3. The van der Waals surface area contributed by atoms with Crippen molar-refractivity contribution in [2.45, 2.75) is 39.8 Å². The van der Waals surface area contributed by atoms with Gasteiger partial charge in [-0.1, -0.05) is 11.6 Å². The quantitative estimate of drug-likeness (QED) is 0.669. The first-order chi connectivity index (χ1) is 10.1. The Labute approximate surface area is 132 Å². The highest BCUT2D eigenvalue weighted by Crippen LogP contribution is 2.36. The second-order valence-corrected chi connectivity index (χ2v) is 5.40. The van der Waals surface area contributed by atoms with Gasteiger partial charge in [0.1, 0.15) is 0 Å². The topological polar surface area (TPSA) is 39.7 Å². The Morgan fingerprint density at radius 3 is 2.67 bits per heavy atom. The van der Waals surface area contributed by atoms with E-state index in [-0.39, 0.29) is 0 Å². The molecule has 0 amide bonds. The van der Waals surface area contributed by atoms with E-state index in [0.717, 1.165) is 31.7 Å². The molecule has 0 saturated heterocycles. The summed E-state index contributed by atoms with van der Waals surface area (Å²) in [5.74, 6) is 1.28. The molecule has 0 unspecified atom stereocenters. The van der Waals surface area contributed by atoms with Gasteiger partial charge in [0.05, 0.1) is 24.8 Å². The van der Waals surface area contributed by atoms with Crippen molar-refractivity contribution in [3.63, 3.8) is 0 Å². The molecule has 4 nitrogen and oxygen atoms in total. The van der Waals surface area contributed by atoms with Crippen LogP contribution in [0.15, 0.2) is 12.1 Å². The van der Waals surface area contributed by atoms with Crippen LogP contribution in [-0.4, -0.2) is 33.0 Å². The summed E-state index contributed by atoms with van der Waals surface area (Å²) in [7, 11) is 1.59. The first kappa shape index (κ1) is 18.1. The number of rotatable bonds is 10. The molecule has 0 aliphatic heterocycles. The molecule has 21 heavy (non-hydrogen) atoms. The summed E-state index contributed by atoms with van der Waals surface area (Å²) in [6.45, 7) is 9.03. The van der Waals surface area contributed by atoms with E-state index in [1.807, 2.05) is 32.9 Å². The lowest BCUT2D eigenvalue weighted by atomic mass is 10.2. The monoisotopic (exact) mass is 315 g/mol. The fourth-order valence-electron chi connectivity index (χ4n) is 1.93. The first-order valence-electron chi connectivity index (χ1n) is 7.40. The lowest BCUT2D eigenvalue weighted by Gasteiger charge is -2.13. The van der Waals surface area contributed by atoms with E-state index in [9.17, 15) is 0 Å². The molecule has 0 radical (unpaired) electrons. The van der Waals surface area contributed by atoms with E-state index in [2.05, 4.69) is 5.32 Å². The maximum absolute atomic E-state index is 6.22. The van der Waals surface area contributed by atoms with Gasteiger partial charge in [-0.15, -0.1) is 0 Å². The fraction of sp³-hybridized carbons (Fsp3) is 0.625. The maximum Gasteiger partial charge on any atom is 0.179 e. The lowest BCUT2D eigenvalue weighted by molar-refractivity contribution is 0.0770. The summed E-state index contributed by atoms with van der Waals surface area (Å²) in [4.78, 5) is 0. The second-order valence-electron chi connectivity index (χ2n) is 4.99. The van der Waals surface area contributed by atoms with Crippen LogP contribution in [0.2, 0.25) is 5.02 Å². The highest BCUT2D eigenvalue weighted by molar-refractivity contribution is 6.32. The van der Waals surface area contributed by atoms with Gasteiger partial charge >= 0.3 is 0 Å². The number of benzene rings is 1. The minimum Gasteiger partial charge on any atom is -0.491 e. The van der Waals surface area contributed by atoms with E-state index in [0.29, 0.717) is 29.2 Å². The minimum absolute atomic E-state index is 0.291. The van der Waals surface area contributed by atoms with E-state index in [1.165, 1.54) is 0 Å². The summed E-state index contributed by atoms with van der Waals surface area (Å²) < 4.78 is 16.3. The van der Waals surface area contributed by atoms with Crippen molar-refractivity contribution in [1.29, 1.82) is 0 Å². The Hall–Kier alpha value is -0.970. The van der Waals surface area contributed by atoms with Crippen LogP contribution in [-0.2, 0) is 11.3 Å². The number of halogens is 1. The second kappa shape index (κ2) is 9.87. The lowest BCUT2D eigenvalue weighted by Crippen LogP contribution is -2.17. The zero-order valence-corrected chi connectivity index (χ0v) is 14.1. The summed E-state index contributed by atoms with van der Waals surface area (Å²) in [5.41, 5.74) is 1.08. The van der Waals surface area contributed by atoms with Crippen LogP contribution in [0, 0.1) is 0 Å². The molecule has 0 aliphatic rings. The van der Waals surface area contributed by atoms with Crippen LogP contribution in [0.4, 0.5) is 0 Å². The standard InChI is InChI=1S/C16H26ClNO3/c1-5-20-15-10-13(9-14(17)16(15)19-4)11-18-7-6-8-21-12(2)3/h9-10,12,18H,5-8,11H2,1-4H3. The molecule has 1 rings (SSSR count). The molecule has 0 aromatic heterocycles. The van der Waals surface area contributed by atoms with Crippen molar-refractivity contribution in [2.24, 2.45) is 0 Å². The molecular formula is C16H26ClNO3. The Balaban J connectivity index is 2.48. The number of hydrogen-bond acceptors (Lipinski definition) is 4. The average Bonchev–Trinajstić information content (AvgIpc) is 2.42. The SMILES string of the molecule is CCOc1cc(CNCCCOC(C)C)cc(Cl)c1OC. The zero-order valence-electron chi connectivity index (χ0n) is 13.4. The van der Waals surface area contributed by atoms with Crippen molar-refractivity contribution in [3.8, 4) is 11.5 Å². The fourth-order valence-corrected chi connectivity index (χ4v) is 2.24. The van der Waals surface area contributed by atoms with Crippen LogP contribution in [0.5, 0.6) is 11.5 Å². The molecule has 1 aromatic carbocycles. The van der Waals surface area contributed by atoms with Crippen LogP contribution in [0.3, 0.4) is 0 Å². The molecule has 120 valence electrons. The van der Waals surface area contributed by atoms with Crippen LogP contribution in [0.1, 0.15) is 32.8 Å². The van der Waals surface area contributed by atoms with E-state index < -0.39 is 0 Å². The van der Waals surface area contributed by atoms with Crippen molar-refractivity contribution < 1.29 is 14.2 Å². The number of hydrogen-bond donors (Lipinski definition) is 1. The van der Waals surface area contributed by atoms with Crippen LogP contribution in [0.25, 0.3) is 0 Å². The Kier molecular flexibility index (Phi) is 8.50. The summed E-state index contributed by atoms with van der Waals surface area (Å²) in [6.07, 6.45) is 1.28. The van der Waals surface area contributed by atoms with E-state index >= 15 is 0 Å². The molecule has 1 aromatic rings. The van der Waals surface area contributed by atoms with Gasteiger partial charge in [0.25, 0.3) is 0 Å². The van der Waals surface area contributed by atoms with Gasteiger partial charge in [0, 0.05) is 13.2 Å². The molecule has 0 spiro atoms.